The van der Waals surface area contributed by atoms with Crippen LogP contribution in [0.3, 0.4) is 0 Å². The number of ether oxygens (including phenoxy) is 3. The first-order valence-electron chi connectivity index (χ1n) is 19.9. The summed E-state index contributed by atoms with van der Waals surface area (Å²) in [7, 11) is 0. The molecular weight excluding hydrogens is 806 g/mol. The summed E-state index contributed by atoms with van der Waals surface area (Å²) in [4.78, 5) is 76.5. The number of nitrogen functional groups attached to an aromatic ring is 1. The number of Topliss-reactive ketones (excluding diaryl/α,β-unsaturated/α-hetero) is 1. The highest BCUT2D eigenvalue weighted by Crippen LogP contribution is 2.28. The number of aliphatic carboxylic acids is 1. The number of carbonyl (C=O) groups is 4. The fourth-order valence-corrected chi connectivity index (χ4v) is 6.79. The molecule has 23 nitrogen and oxygen atoms in total. The number of carbonyl (C=O) groups excluding carboxylic acids is 3. The number of hydrogen-bond acceptors (Lipinski definition) is 19. The van der Waals surface area contributed by atoms with Crippen molar-refractivity contribution in [3.05, 3.63) is 52.1 Å². The van der Waals surface area contributed by atoms with Gasteiger partial charge in [-0.3, -0.25) is 24.2 Å². The van der Waals surface area contributed by atoms with Gasteiger partial charge in [-0.2, -0.15) is 4.98 Å². The van der Waals surface area contributed by atoms with Crippen LogP contribution in [-0.2, 0) is 35.1 Å². The Hall–Kier alpha value is -5.24. The lowest BCUT2D eigenvalue weighted by atomic mass is 9.97. The summed E-state index contributed by atoms with van der Waals surface area (Å²) >= 11 is 0. The van der Waals surface area contributed by atoms with Crippen molar-refractivity contribution in [3.63, 3.8) is 0 Å². The zero-order chi connectivity index (χ0) is 44.2. The highest BCUT2D eigenvalue weighted by Gasteiger charge is 2.48. The Kier molecular flexibility index (Phi) is 16.9. The van der Waals surface area contributed by atoms with E-state index in [1.165, 1.54) is 18.3 Å². The van der Waals surface area contributed by atoms with E-state index in [1.54, 1.807) is 12.1 Å². The van der Waals surface area contributed by atoms with Gasteiger partial charge in [0.25, 0.3) is 11.5 Å². The van der Waals surface area contributed by atoms with Crippen molar-refractivity contribution in [1.29, 1.82) is 0 Å². The Morgan fingerprint density at radius 2 is 1.66 bits per heavy atom. The molecule has 0 bridgehead atoms. The van der Waals surface area contributed by atoms with Crippen LogP contribution in [0.5, 0.6) is 0 Å². The first kappa shape index (κ1) is 46.8. The molecule has 14 N–H and O–H groups in total. The number of nitrogens with two attached hydrogens (primary N) is 2. The number of carboxylic acids is 1. The molecule has 4 heterocycles. The Bertz CT molecular complexity index is 2020. The van der Waals surface area contributed by atoms with E-state index in [2.05, 4.69) is 35.9 Å². The molecule has 3 aromatic rings. The summed E-state index contributed by atoms with van der Waals surface area (Å²) in [6, 6.07) is 4.95. The third-order valence-electron chi connectivity index (χ3n) is 10.2. The van der Waals surface area contributed by atoms with Gasteiger partial charge in [0.05, 0.1) is 30.6 Å². The summed E-state index contributed by atoms with van der Waals surface area (Å²) in [6.45, 7) is -0.0175. The highest BCUT2D eigenvalue weighted by atomic mass is 16.7. The Morgan fingerprint density at radius 3 is 2.36 bits per heavy atom. The molecule has 0 spiro atoms. The monoisotopic (exact) mass is 859 g/mol. The van der Waals surface area contributed by atoms with Gasteiger partial charge in [0.1, 0.15) is 42.3 Å². The number of ketones is 1. The van der Waals surface area contributed by atoms with Gasteiger partial charge >= 0.3 is 5.97 Å². The number of benzene rings is 1. The molecule has 1 aromatic carbocycles. The summed E-state index contributed by atoms with van der Waals surface area (Å²) in [6.07, 6.45) is -8.42. The average molecular weight is 860 g/mol. The maximum absolute atomic E-state index is 12.8. The van der Waals surface area contributed by atoms with Crippen LogP contribution in [0.25, 0.3) is 11.2 Å². The number of rotatable bonds is 21. The fraction of sp³-hybridized carbons (Fsp3) is 0.579. The topological polar surface area (TPSA) is 377 Å². The third-order valence-corrected chi connectivity index (χ3v) is 10.2. The molecule has 0 saturated carbocycles. The lowest BCUT2D eigenvalue weighted by Crippen LogP contribution is -2.63. The van der Waals surface area contributed by atoms with Gasteiger partial charge in [0.15, 0.2) is 23.7 Å². The number of carboxylic acid groups (broad SMARTS) is 1. The van der Waals surface area contributed by atoms with E-state index in [4.69, 9.17) is 25.7 Å². The zero-order valence-corrected chi connectivity index (χ0v) is 33.1. The van der Waals surface area contributed by atoms with Gasteiger partial charge in [0.2, 0.25) is 11.9 Å². The molecule has 61 heavy (non-hydrogen) atoms. The van der Waals surface area contributed by atoms with Gasteiger partial charge < -0.3 is 72.3 Å². The van der Waals surface area contributed by atoms with Gasteiger partial charge in [-0.05, 0) is 43.5 Å². The van der Waals surface area contributed by atoms with Gasteiger partial charge in [-0.25, -0.2) is 14.8 Å². The SMILES string of the molecule is NCC1O[C@H](O)C(O)[C@@H](O)[C@@H]1O[C@H]1OC(CNC(=O)CCCCCCC(=O)CCC(NC(=O)c2ccc(NCc3cnc4nc(N)[nH]c(=O)c4n3)cc2)C(=O)O)C[C@H](O)C1O. The summed E-state index contributed by atoms with van der Waals surface area (Å²) in [5, 5.41) is 68.9. The van der Waals surface area contributed by atoms with E-state index in [-0.39, 0.29) is 86.1 Å². The number of aliphatic hydroxyl groups is 5. The minimum Gasteiger partial charge on any atom is -0.480 e. The predicted octanol–water partition coefficient (Wildman–Crippen LogP) is -2.48. The summed E-state index contributed by atoms with van der Waals surface area (Å²) in [5.74, 6) is -2.42. The number of unbranched alkanes of at least 4 members (excludes halogenated alkanes) is 3. The smallest absolute Gasteiger partial charge is 0.326 e. The molecule has 2 aliphatic heterocycles. The van der Waals surface area contributed by atoms with E-state index >= 15 is 0 Å². The average Bonchev–Trinajstić information content (AvgIpc) is 3.23. The number of nitrogens with one attached hydrogen (secondary N) is 4. The second kappa shape index (κ2) is 22.0. The molecule has 2 aromatic heterocycles. The van der Waals surface area contributed by atoms with E-state index in [0.29, 0.717) is 37.1 Å². The standard InChI is InChI=1S/C38H53N9O14/c39-14-25-31(29(52)30(53)36(58)60-25)61-37-28(51)24(49)13-22(59-37)17-42-26(50)6-4-2-1-3-5-21(48)11-12-23(35(56)57)45-33(54)18-7-9-19(10-8-18)41-15-20-16-43-32-27(44-20)34(55)47-38(40)46-32/h7-10,16,22-25,28-31,36-37,41,49,51-53,58H,1-6,11-15,17,39H2,(H,42,50)(H,45,54)(H,56,57)(H3,40,43,46,47,55)/t22?,23?,24-,25?,28?,29+,30?,31+,36-,37+/m0/s1. The number of amides is 2. The minimum absolute atomic E-state index is 0.0189. The van der Waals surface area contributed by atoms with Crippen LogP contribution < -0.4 is 33.0 Å². The maximum Gasteiger partial charge on any atom is 0.326 e. The summed E-state index contributed by atoms with van der Waals surface area (Å²) in [5.41, 5.74) is 12.1. The molecule has 334 valence electrons. The number of fused-ring (bicyclic) bond motifs is 1. The number of hydrogen-bond donors (Lipinski definition) is 12. The van der Waals surface area contributed by atoms with Crippen molar-refractivity contribution in [2.45, 2.75) is 126 Å². The normalized spacial score (nSPS) is 25.7. The number of nitrogens with zero attached hydrogens (tertiary/aromatic N) is 3. The quantitative estimate of drug-likeness (QED) is 0.0493. The molecule has 0 radical (unpaired) electrons. The molecule has 5 unspecified atom stereocenters. The van der Waals surface area contributed by atoms with Crippen LogP contribution in [0.2, 0.25) is 0 Å². The predicted molar refractivity (Wildman–Crippen MR) is 212 cm³/mol. The van der Waals surface area contributed by atoms with Crippen molar-refractivity contribution in [1.82, 2.24) is 30.6 Å². The minimum atomic E-state index is -1.71. The maximum atomic E-state index is 12.8. The van der Waals surface area contributed by atoms with Crippen molar-refractivity contribution >= 4 is 46.4 Å². The Morgan fingerprint density at radius 1 is 0.934 bits per heavy atom. The molecule has 2 fully saturated rings. The van der Waals surface area contributed by atoms with Gasteiger partial charge in [-0.15, -0.1) is 0 Å². The van der Waals surface area contributed by atoms with E-state index in [9.17, 15) is 54.6 Å². The number of aromatic amines is 1. The van der Waals surface area contributed by atoms with Gasteiger partial charge in [-0.1, -0.05) is 12.8 Å². The van der Waals surface area contributed by atoms with Crippen LogP contribution >= 0.6 is 0 Å². The first-order chi connectivity index (χ1) is 29.1. The lowest BCUT2D eigenvalue weighted by molar-refractivity contribution is -0.339. The number of aromatic nitrogens is 4. The van der Waals surface area contributed by atoms with Crippen LogP contribution in [0.1, 0.15) is 73.8 Å². The largest absolute Gasteiger partial charge is 0.480 e. The van der Waals surface area contributed by atoms with Crippen molar-refractivity contribution in [2.75, 3.05) is 24.1 Å². The van der Waals surface area contributed by atoms with E-state index < -0.39 is 78.8 Å². The lowest BCUT2D eigenvalue weighted by Gasteiger charge is -2.44. The van der Waals surface area contributed by atoms with Crippen LogP contribution in [0.15, 0.2) is 35.3 Å². The molecule has 23 heteroatoms. The molecule has 2 aliphatic rings. The third kappa shape index (κ3) is 13.1. The number of H-pyrrole nitrogens is 1. The first-order valence-corrected chi connectivity index (χ1v) is 19.9. The number of anilines is 2. The zero-order valence-electron chi connectivity index (χ0n) is 33.1. The highest BCUT2D eigenvalue weighted by molar-refractivity contribution is 5.97. The van der Waals surface area contributed by atoms with Crippen molar-refractivity contribution < 1.29 is 64.0 Å². The van der Waals surface area contributed by atoms with Gasteiger partial charge in [0, 0.05) is 50.0 Å². The molecule has 5 rings (SSSR count). The molecular formula is C38H53N9O14. The van der Waals surface area contributed by atoms with E-state index in [1.807, 2.05) is 0 Å². The molecule has 2 saturated heterocycles. The number of aliphatic hydroxyl groups excluding tert-OH is 5. The molecule has 10 atom stereocenters. The Balaban J connectivity index is 0.945. The van der Waals surface area contributed by atoms with Crippen molar-refractivity contribution in [2.24, 2.45) is 5.73 Å². The second-order valence-electron chi connectivity index (χ2n) is 14.9. The van der Waals surface area contributed by atoms with Crippen molar-refractivity contribution in [3.8, 4) is 0 Å². The second-order valence-corrected chi connectivity index (χ2v) is 14.9. The van der Waals surface area contributed by atoms with Crippen LogP contribution in [-0.4, -0.2) is 149 Å². The fourth-order valence-electron chi connectivity index (χ4n) is 6.79. The van der Waals surface area contributed by atoms with Crippen LogP contribution in [0, 0.1) is 0 Å². The van der Waals surface area contributed by atoms with Crippen LogP contribution in [0.4, 0.5) is 11.6 Å². The molecule has 2 amide bonds. The molecule has 0 aliphatic carbocycles. The summed E-state index contributed by atoms with van der Waals surface area (Å²) < 4.78 is 16.6. The Labute approximate surface area is 348 Å². The van der Waals surface area contributed by atoms with E-state index in [0.717, 1.165) is 0 Å².